The highest BCUT2D eigenvalue weighted by molar-refractivity contribution is 5.93. The van der Waals surface area contributed by atoms with Crippen LogP contribution in [-0.2, 0) is 9.53 Å². The van der Waals surface area contributed by atoms with Crippen LogP contribution in [0.15, 0.2) is 0 Å². The largest absolute Gasteiger partial charge is 0.461 e. The van der Waals surface area contributed by atoms with E-state index in [9.17, 15) is 44.3 Å². The molecular formula is C13H17F9O2. The average Bonchev–Trinajstić information content (AvgIpc) is 2.43. The first kappa shape index (κ1) is 23.0. The number of ether oxygens (including phenoxy) is 1. The van der Waals surface area contributed by atoms with E-state index in [1.54, 1.807) is 0 Å². The Bertz CT molecular complexity index is 405. The summed E-state index contributed by atoms with van der Waals surface area (Å²) < 4.78 is 117. The monoisotopic (exact) mass is 376 g/mol. The van der Waals surface area contributed by atoms with E-state index in [1.807, 2.05) is 6.92 Å². The second kappa shape index (κ2) is 8.39. The topological polar surface area (TPSA) is 26.3 Å². The van der Waals surface area contributed by atoms with Gasteiger partial charge in [-0.05, 0) is 6.42 Å². The number of unbranched alkanes of at least 4 members (excludes halogenated alkanes) is 5. The van der Waals surface area contributed by atoms with E-state index in [4.69, 9.17) is 0 Å². The molecule has 0 aromatic rings. The molecule has 0 aliphatic heterocycles. The summed E-state index contributed by atoms with van der Waals surface area (Å²) in [6, 6.07) is 0. The summed E-state index contributed by atoms with van der Waals surface area (Å²) in [5.74, 6) is -17.2. The molecule has 0 fully saturated rings. The molecule has 0 aromatic carbocycles. The van der Waals surface area contributed by atoms with E-state index < -0.39 is 36.5 Å². The molecule has 144 valence electrons. The van der Waals surface area contributed by atoms with Crippen LogP contribution in [0, 0.1) is 0 Å². The maximum Gasteiger partial charge on any atom is 0.461 e. The van der Waals surface area contributed by atoms with Gasteiger partial charge in [0.1, 0.15) is 0 Å². The molecule has 0 heterocycles. The molecule has 0 atom stereocenters. The molecule has 0 rings (SSSR count). The Hall–Kier alpha value is -1.00. The molecule has 0 saturated heterocycles. The first-order valence-electron chi connectivity index (χ1n) is 7.10. The highest BCUT2D eigenvalue weighted by atomic mass is 19.4. The van der Waals surface area contributed by atoms with Crippen molar-refractivity contribution in [2.24, 2.45) is 0 Å². The number of Topliss-reactive ketones (excluding diaryl/α,β-unsaturated/α-hetero) is 1. The number of halogens is 9. The molecule has 0 aromatic heterocycles. The molecule has 0 saturated carbocycles. The van der Waals surface area contributed by atoms with Crippen molar-refractivity contribution in [1.29, 1.82) is 0 Å². The first-order valence-corrected chi connectivity index (χ1v) is 7.10. The van der Waals surface area contributed by atoms with Crippen molar-refractivity contribution in [3.05, 3.63) is 0 Å². The van der Waals surface area contributed by atoms with Crippen LogP contribution in [0.1, 0.15) is 45.4 Å². The van der Waals surface area contributed by atoms with Gasteiger partial charge in [-0.1, -0.05) is 39.0 Å². The zero-order valence-electron chi connectivity index (χ0n) is 12.7. The zero-order valence-corrected chi connectivity index (χ0v) is 12.7. The van der Waals surface area contributed by atoms with Crippen molar-refractivity contribution in [1.82, 2.24) is 0 Å². The van der Waals surface area contributed by atoms with Crippen LogP contribution in [0.4, 0.5) is 39.5 Å². The Morgan fingerprint density at radius 2 is 1.21 bits per heavy atom. The lowest BCUT2D eigenvalue weighted by Crippen LogP contribution is -2.59. The van der Waals surface area contributed by atoms with Gasteiger partial charge < -0.3 is 4.74 Å². The molecule has 11 heteroatoms. The number of alkyl halides is 9. The lowest BCUT2D eigenvalue weighted by Gasteiger charge is -2.28. The Morgan fingerprint density at radius 1 is 0.750 bits per heavy atom. The Morgan fingerprint density at radius 3 is 1.67 bits per heavy atom. The second-order valence-corrected chi connectivity index (χ2v) is 5.11. The van der Waals surface area contributed by atoms with E-state index >= 15 is 0 Å². The van der Waals surface area contributed by atoms with Gasteiger partial charge in [0.2, 0.25) is 0 Å². The minimum Gasteiger partial charge on any atom is -0.315 e. The molecule has 0 unspecified atom stereocenters. The minimum absolute atomic E-state index is 0.140. The molecule has 0 bridgehead atoms. The summed E-state index contributed by atoms with van der Waals surface area (Å²) in [5, 5.41) is 0. The smallest absolute Gasteiger partial charge is 0.315 e. The Kier molecular flexibility index (Phi) is 8.04. The van der Waals surface area contributed by atoms with Crippen LogP contribution >= 0.6 is 0 Å². The Labute approximate surface area is 132 Å². The lowest BCUT2D eigenvalue weighted by molar-refractivity contribution is -0.346. The summed E-state index contributed by atoms with van der Waals surface area (Å²) in [4.78, 5) is 10.6. The van der Waals surface area contributed by atoms with Crippen molar-refractivity contribution in [2.45, 2.75) is 69.6 Å². The van der Waals surface area contributed by atoms with E-state index in [0.29, 0.717) is 12.8 Å². The van der Waals surface area contributed by atoms with Gasteiger partial charge in [0.25, 0.3) is 5.78 Å². The van der Waals surface area contributed by atoms with Crippen LogP contribution in [0.5, 0.6) is 0 Å². The van der Waals surface area contributed by atoms with Crippen LogP contribution < -0.4 is 0 Å². The summed E-state index contributed by atoms with van der Waals surface area (Å²) in [5.41, 5.74) is 0. The van der Waals surface area contributed by atoms with Gasteiger partial charge in [-0.3, -0.25) is 4.79 Å². The highest BCUT2D eigenvalue weighted by Gasteiger charge is 2.76. The highest BCUT2D eigenvalue weighted by Crippen LogP contribution is 2.45. The zero-order chi connectivity index (χ0) is 19.2. The van der Waals surface area contributed by atoms with E-state index in [1.165, 1.54) is 0 Å². The molecular weight excluding hydrogens is 359 g/mol. The summed E-state index contributed by atoms with van der Waals surface area (Å²) in [7, 11) is 0. The van der Waals surface area contributed by atoms with Crippen molar-refractivity contribution in [3.63, 3.8) is 0 Å². The number of carbonyl (C=O) groups is 1. The normalized spacial score (nSPS) is 14.1. The molecule has 2 nitrogen and oxygen atoms in total. The van der Waals surface area contributed by atoms with Gasteiger partial charge >= 0.3 is 24.1 Å². The van der Waals surface area contributed by atoms with Crippen LogP contribution in [0.25, 0.3) is 0 Å². The third-order valence-corrected chi connectivity index (χ3v) is 3.07. The van der Waals surface area contributed by atoms with Gasteiger partial charge in [-0.2, -0.15) is 39.5 Å². The maximum atomic E-state index is 13.1. The van der Waals surface area contributed by atoms with Crippen LogP contribution in [-0.4, -0.2) is 36.5 Å². The van der Waals surface area contributed by atoms with Crippen molar-refractivity contribution in [3.8, 4) is 0 Å². The number of rotatable bonds is 11. The molecule has 0 amide bonds. The van der Waals surface area contributed by atoms with E-state index in [0.717, 1.165) is 19.3 Å². The second-order valence-electron chi connectivity index (χ2n) is 5.11. The number of hydrogen-bond donors (Lipinski definition) is 0. The molecule has 0 aliphatic carbocycles. The quantitative estimate of drug-likeness (QED) is 0.359. The predicted octanol–water partition coefficient (Wildman–Crippen LogP) is 5.36. The molecule has 0 N–H and O–H groups in total. The number of hydrogen-bond acceptors (Lipinski definition) is 2. The van der Waals surface area contributed by atoms with Crippen LogP contribution in [0.3, 0.4) is 0 Å². The SMILES string of the molecule is CCCCCCCCOC(F)(F)C(F)(F)C(=O)C(F)(F)C(F)(F)F. The van der Waals surface area contributed by atoms with Gasteiger partial charge in [0, 0.05) is 0 Å². The average molecular weight is 376 g/mol. The number of ketones is 1. The molecule has 0 aliphatic rings. The van der Waals surface area contributed by atoms with E-state index in [-0.39, 0.29) is 6.42 Å². The van der Waals surface area contributed by atoms with Crippen LogP contribution in [0.2, 0.25) is 0 Å². The van der Waals surface area contributed by atoms with Crippen molar-refractivity contribution >= 4 is 5.78 Å². The fourth-order valence-corrected chi connectivity index (χ4v) is 1.63. The molecule has 0 radical (unpaired) electrons. The third-order valence-electron chi connectivity index (χ3n) is 3.07. The standard InChI is InChI=1S/C13H17F9O2/c1-2-3-4-5-6-7-8-24-13(21,22)11(16,17)9(23)10(14,15)12(18,19)20/h2-8H2,1H3. The number of carbonyl (C=O) groups excluding carboxylic acids is 1. The van der Waals surface area contributed by atoms with Crippen molar-refractivity contribution < 1.29 is 49.0 Å². The fourth-order valence-electron chi connectivity index (χ4n) is 1.63. The molecule has 24 heavy (non-hydrogen) atoms. The summed E-state index contributed by atoms with van der Waals surface area (Å²) in [6.07, 6.45) is -9.20. The fraction of sp³-hybridized carbons (Fsp3) is 0.923. The summed E-state index contributed by atoms with van der Waals surface area (Å²) in [6.45, 7) is 0.902. The minimum atomic E-state index is -6.72. The maximum absolute atomic E-state index is 13.1. The van der Waals surface area contributed by atoms with Gasteiger partial charge in [-0.15, -0.1) is 0 Å². The third kappa shape index (κ3) is 5.52. The molecule has 0 spiro atoms. The van der Waals surface area contributed by atoms with Gasteiger partial charge in [-0.25, -0.2) is 0 Å². The van der Waals surface area contributed by atoms with E-state index in [2.05, 4.69) is 4.74 Å². The van der Waals surface area contributed by atoms with Gasteiger partial charge in [0.05, 0.1) is 6.61 Å². The summed E-state index contributed by atoms with van der Waals surface area (Å²) >= 11 is 0. The van der Waals surface area contributed by atoms with Gasteiger partial charge in [0.15, 0.2) is 0 Å². The lowest BCUT2D eigenvalue weighted by atomic mass is 10.1. The first-order chi connectivity index (χ1) is 10.7. The van der Waals surface area contributed by atoms with Crippen molar-refractivity contribution in [2.75, 3.05) is 6.61 Å². The predicted molar refractivity (Wildman–Crippen MR) is 65.2 cm³/mol. The Balaban J connectivity index is 4.73.